The highest BCUT2D eigenvalue weighted by Crippen LogP contribution is 2.32. The molecular formula is C9H11F3N2OS. The number of nitrogen functional groups attached to an aromatic ring is 1. The van der Waals surface area contributed by atoms with Crippen LogP contribution < -0.4 is 5.73 Å². The summed E-state index contributed by atoms with van der Waals surface area (Å²) < 4.78 is 37.0. The van der Waals surface area contributed by atoms with E-state index in [1.807, 2.05) is 0 Å². The minimum atomic E-state index is -4.46. The number of rotatable bonds is 4. The van der Waals surface area contributed by atoms with Crippen molar-refractivity contribution in [2.75, 3.05) is 18.1 Å². The highest BCUT2D eigenvalue weighted by atomic mass is 32.2. The fourth-order valence-electron chi connectivity index (χ4n) is 0.974. The summed E-state index contributed by atoms with van der Waals surface area (Å²) in [5.74, 6) is 0.516. The van der Waals surface area contributed by atoms with Crippen molar-refractivity contribution in [2.45, 2.75) is 17.5 Å². The molecule has 0 aromatic carbocycles. The van der Waals surface area contributed by atoms with Gasteiger partial charge in [-0.05, 0) is 12.5 Å². The van der Waals surface area contributed by atoms with Gasteiger partial charge in [-0.1, -0.05) is 0 Å². The topological polar surface area (TPSA) is 59.1 Å². The molecule has 16 heavy (non-hydrogen) atoms. The third kappa shape index (κ3) is 3.57. The summed E-state index contributed by atoms with van der Waals surface area (Å²) >= 11 is 1.18. The highest BCUT2D eigenvalue weighted by Gasteiger charge is 2.32. The van der Waals surface area contributed by atoms with E-state index in [2.05, 4.69) is 4.98 Å². The second-order valence-electron chi connectivity index (χ2n) is 3.03. The third-order valence-corrected chi connectivity index (χ3v) is 2.90. The van der Waals surface area contributed by atoms with Crippen LogP contribution in [0.1, 0.15) is 12.1 Å². The summed E-state index contributed by atoms with van der Waals surface area (Å²) in [5, 5.41) is 8.56. The summed E-state index contributed by atoms with van der Waals surface area (Å²) in [6, 6.07) is 0.928. The molecule has 1 aromatic rings. The molecule has 0 saturated carbocycles. The van der Waals surface area contributed by atoms with Crippen LogP contribution in [-0.4, -0.2) is 22.5 Å². The van der Waals surface area contributed by atoms with Crippen LogP contribution in [0.2, 0.25) is 0 Å². The van der Waals surface area contributed by atoms with Crippen LogP contribution in [0, 0.1) is 0 Å². The molecule has 1 aromatic heterocycles. The molecule has 0 radical (unpaired) electrons. The van der Waals surface area contributed by atoms with Gasteiger partial charge in [0.1, 0.15) is 5.69 Å². The molecule has 0 atom stereocenters. The normalized spacial score (nSPS) is 11.8. The maximum atomic E-state index is 12.3. The van der Waals surface area contributed by atoms with Gasteiger partial charge in [0.05, 0.1) is 11.9 Å². The molecule has 1 heterocycles. The Labute approximate surface area is 94.9 Å². The largest absolute Gasteiger partial charge is 0.433 e. The molecule has 1 rings (SSSR count). The first kappa shape index (κ1) is 13.1. The van der Waals surface area contributed by atoms with Crippen LogP contribution in [0.3, 0.4) is 0 Å². The minimum absolute atomic E-state index is 0.00408. The monoisotopic (exact) mass is 252 g/mol. The Morgan fingerprint density at radius 2 is 2.12 bits per heavy atom. The van der Waals surface area contributed by atoms with Crippen molar-refractivity contribution >= 4 is 17.4 Å². The first-order valence-electron chi connectivity index (χ1n) is 4.51. The molecule has 3 nitrogen and oxygen atoms in total. The number of alkyl halides is 3. The Bertz CT molecular complexity index is 357. The van der Waals surface area contributed by atoms with Gasteiger partial charge >= 0.3 is 6.18 Å². The number of aromatic nitrogens is 1. The van der Waals surface area contributed by atoms with E-state index in [9.17, 15) is 13.2 Å². The lowest BCUT2D eigenvalue weighted by Crippen LogP contribution is -2.08. The summed E-state index contributed by atoms with van der Waals surface area (Å²) in [7, 11) is 0. The van der Waals surface area contributed by atoms with Crippen LogP contribution in [0.15, 0.2) is 17.2 Å². The van der Waals surface area contributed by atoms with E-state index in [4.69, 9.17) is 10.8 Å². The Kier molecular flexibility index (Phi) is 4.43. The van der Waals surface area contributed by atoms with E-state index in [-0.39, 0.29) is 12.3 Å². The number of anilines is 1. The zero-order chi connectivity index (χ0) is 12.2. The summed E-state index contributed by atoms with van der Waals surface area (Å²) in [5.41, 5.74) is 4.77. The first-order valence-corrected chi connectivity index (χ1v) is 5.50. The van der Waals surface area contributed by atoms with E-state index in [0.29, 0.717) is 17.1 Å². The van der Waals surface area contributed by atoms with E-state index >= 15 is 0 Å². The number of hydrogen-bond acceptors (Lipinski definition) is 4. The van der Waals surface area contributed by atoms with Crippen molar-refractivity contribution in [1.82, 2.24) is 4.98 Å². The molecule has 0 aliphatic rings. The molecule has 3 N–H and O–H groups in total. The smallest absolute Gasteiger partial charge is 0.397 e. The Hall–Kier alpha value is -0.950. The van der Waals surface area contributed by atoms with E-state index in [0.717, 1.165) is 12.3 Å². The molecule has 0 bridgehead atoms. The summed E-state index contributed by atoms with van der Waals surface area (Å²) in [6.45, 7) is 0.00408. The Morgan fingerprint density at radius 3 is 2.69 bits per heavy atom. The molecule has 0 aliphatic heterocycles. The van der Waals surface area contributed by atoms with Crippen molar-refractivity contribution < 1.29 is 18.3 Å². The lowest BCUT2D eigenvalue weighted by Gasteiger charge is -2.09. The molecule has 90 valence electrons. The van der Waals surface area contributed by atoms with Gasteiger partial charge in [-0.3, -0.25) is 0 Å². The van der Waals surface area contributed by atoms with Crippen LogP contribution in [0.25, 0.3) is 0 Å². The van der Waals surface area contributed by atoms with E-state index < -0.39 is 11.9 Å². The third-order valence-electron chi connectivity index (χ3n) is 1.75. The molecule has 7 heteroatoms. The minimum Gasteiger partial charge on any atom is -0.397 e. The average Bonchev–Trinajstić information content (AvgIpc) is 2.19. The highest BCUT2D eigenvalue weighted by molar-refractivity contribution is 7.99. The van der Waals surface area contributed by atoms with Crippen molar-refractivity contribution in [3.63, 3.8) is 0 Å². The number of aliphatic hydroxyl groups is 1. The van der Waals surface area contributed by atoms with Gasteiger partial charge in [-0.2, -0.15) is 13.2 Å². The van der Waals surface area contributed by atoms with E-state index in [1.54, 1.807) is 0 Å². The lowest BCUT2D eigenvalue weighted by molar-refractivity contribution is -0.141. The van der Waals surface area contributed by atoms with Gasteiger partial charge in [0.2, 0.25) is 0 Å². The zero-order valence-corrected chi connectivity index (χ0v) is 9.11. The Morgan fingerprint density at radius 1 is 1.44 bits per heavy atom. The summed E-state index contributed by atoms with van der Waals surface area (Å²) in [4.78, 5) is 3.57. The van der Waals surface area contributed by atoms with Crippen LogP contribution in [0.5, 0.6) is 0 Å². The molecule has 0 spiro atoms. The SMILES string of the molecule is Nc1cnc(C(F)(F)F)cc1SCCCO. The predicted molar refractivity (Wildman–Crippen MR) is 56.1 cm³/mol. The van der Waals surface area contributed by atoms with Crippen molar-refractivity contribution in [1.29, 1.82) is 0 Å². The molecule has 0 amide bonds. The first-order chi connectivity index (χ1) is 7.45. The zero-order valence-electron chi connectivity index (χ0n) is 8.29. The molecular weight excluding hydrogens is 241 g/mol. The van der Waals surface area contributed by atoms with Crippen LogP contribution >= 0.6 is 11.8 Å². The second-order valence-corrected chi connectivity index (χ2v) is 4.17. The fraction of sp³-hybridized carbons (Fsp3) is 0.444. The summed E-state index contributed by atoms with van der Waals surface area (Å²) in [6.07, 6.45) is -2.95. The number of halogens is 3. The van der Waals surface area contributed by atoms with Gasteiger partial charge < -0.3 is 10.8 Å². The number of nitrogens with two attached hydrogens (primary N) is 1. The lowest BCUT2D eigenvalue weighted by atomic mass is 10.3. The van der Waals surface area contributed by atoms with Gasteiger partial charge in [0, 0.05) is 17.3 Å². The maximum absolute atomic E-state index is 12.3. The van der Waals surface area contributed by atoms with Gasteiger partial charge in [-0.25, -0.2) is 4.98 Å². The van der Waals surface area contributed by atoms with Gasteiger partial charge in [0.25, 0.3) is 0 Å². The molecule has 0 saturated heterocycles. The maximum Gasteiger partial charge on any atom is 0.433 e. The fourth-order valence-corrected chi connectivity index (χ4v) is 1.88. The molecule has 0 aliphatic carbocycles. The predicted octanol–water partition coefficient (Wildman–Crippen LogP) is 2.16. The van der Waals surface area contributed by atoms with Crippen LogP contribution in [0.4, 0.5) is 18.9 Å². The number of nitrogens with zero attached hydrogens (tertiary/aromatic N) is 1. The standard InChI is InChI=1S/C9H11F3N2OS/c10-9(11,12)8-4-7(6(13)5-14-8)16-3-1-2-15/h4-5,15H,1-3,13H2. The van der Waals surface area contributed by atoms with E-state index in [1.165, 1.54) is 11.8 Å². The van der Waals surface area contributed by atoms with Crippen molar-refractivity contribution in [3.8, 4) is 0 Å². The van der Waals surface area contributed by atoms with Crippen molar-refractivity contribution in [3.05, 3.63) is 18.0 Å². The van der Waals surface area contributed by atoms with Gasteiger partial charge in [-0.15, -0.1) is 11.8 Å². The Balaban J connectivity index is 2.83. The molecule has 0 unspecified atom stereocenters. The number of pyridine rings is 1. The van der Waals surface area contributed by atoms with Crippen LogP contribution in [-0.2, 0) is 6.18 Å². The van der Waals surface area contributed by atoms with Gasteiger partial charge in [0.15, 0.2) is 0 Å². The number of hydrogen-bond donors (Lipinski definition) is 2. The molecule has 0 fully saturated rings. The second kappa shape index (κ2) is 5.40. The van der Waals surface area contributed by atoms with Crippen molar-refractivity contribution in [2.24, 2.45) is 0 Å². The number of thioether (sulfide) groups is 1. The number of aliphatic hydroxyl groups excluding tert-OH is 1. The average molecular weight is 252 g/mol. The quantitative estimate of drug-likeness (QED) is 0.637.